The molecule has 0 unspecified atom stereocenters. The van der Waals surface area contributed by atoms with Gasteiger partial charge >= 0.3 is 0 Å². The Balaban J connectivity index is 2.60. The van der Waals surface area contributed by atoms with Gasteiger partial charge in [-0.1, -0.05) is 23.7 Å². The summed E-state index contributed by atoms with van der Waals surface area (Å²) in [6.07, 6.45) is 3.22. The minimum Gasteiger partial charge on any atom is -0.263 e. The van der Waals surface area contributed by atoms with Gasteiger partial charge in [0, 0.05) is 23.0 Å². The van der Waals surface area contributed by atoms with Gasteiger partial charge in [0.25, 0.3) is 0 Å². The third kappa shape index (κ3) is 1.98. The molecule has 2 aromatic rings. The summed E-state index contributed by atoms with van der Waals surface area (Å²) in [6, 6.07) is 11.3. The number of benzene rings is 1. The van der Waals surface area contributed by atoms with Crippen molar-refractivity contribution in [2.24, 2.45) is 0 Å². The molecule has 15 heavy (non-hydrogen) atoms. The fraction of sp³-hybridized carbons (Fsp3) is 0. The Kier molecular flexibility index (Phi) is 2.66. The van der Waals surface area contributed by atoms with Gasteiger partial charge in [-0.05, 0) is 23.8 Å². The van der Waals surface area contributed by atoms with Gasteiger partial charge in [-0.2, -0.15) is 5.26 Å². The van der Waals surface area contributed by atoms with E-state index < -0.39 is 0 Å². The van der Waals surface area contributed by atoms with E-state index in [1.807, 2.05) is 24.3 Å². The quantitative estimate of drug-likeness (QED) is 0.731. The second-order valence-electron chi connectivity index (χ2n) is 3.04. The Morgan fingerprint density at radius 2 is 2.13 bits per heavy atom. The minimum atomic E-state index is 0.555. The fourth-order valence-corrected chi connectivity index (χ4v) is 1.58. The molecule has 1 aromatic heterocycles. The topological polar surface area (TPSA) is 36.7 Å². The van der Waals surface area contributed by atoms with E-state index in [9.17, 15) is 0 Å². The van der Waals surface area contributed by atoms with Gasteiger partial charge in [0.05, 0.1) is 5.56 Å². The molecule has 0 saturated heterocycles. The molecule has 2 rings (SSSR count). The second-order valence-corrected chi connectivity index (χ2v) is 3.48. The number of hydrogen-bond donors (Lipinski definition) is 0. The first kappa shape index (κ1) is 9.70. The average molecular weight is 215 g/mol. The standard InChI is InChI=1S/C12H7ClN2/c13-11-3-1-2-9(6-11)12-4-5-15-8-10(12)7-14/h1-6,8H. The van der Waals surface area contributed by atoms with E-state index in [4.69, 9.17) is 16.9 Å². The molecule has 0 fully saturated rings. The zero-order valence-corrected chi connectivity index (χ0v) is 8.57. The molecule has 2 nitrogen and oxygen atoms in total. The van der Waals surface area contributed by atoms with Crippen LogP contribution in [-0.4, -0.2) is 4.98 Å². The summed E-state index contributed by atoms with van der Waals surface area (Å²) in [5.74, 6) is 0. The Hall–Kier alpha value is -1.85. The minimum absolute atomic E-state index is 0.555. The molecule has 1 aromatic carbocycles. The van der Waals surface area contributed by atoms with Crippen LogP contribution in [0.5, 0.6) is 0 Å². The maximum atomic E-state index is 8.93. The van der Waals surface area contributed by atoms with Crippen LogP contribution < -0.4 is 0 Å². The third-order valence-corrected chi connectivity index (χ3v) is 2.31. The van der Waals surface area contributed by atoms with Crippen molar-refractivity contribution >= 4 is 11.6 Å². The van der Waals surface area contributed by atoms with E-state index >= 15 is 0 Å². The molecule has 0 N–H and O–H groups in total. The highest BCUT2D eigenvalue weighted by atomic mass is 35.5. The molecule has 72 valence electrons. The summed E-state index contributed by atoms with van der Waals surface area (Å²) in [6.45, 7) is 0. The first-order valence-electron chi connectivity index (χ1n) is 4.41. The number of aromatic nitrogens is 1. The number of nitrogens with zero attached hydrogens (tertiary/aromatic N) is 2. The molecule has 0 aliphatic rings. The van der Waals surface area contributed by atoms with Crippen LogP contribution in [0.2, 0.25) is 5.02 Å². The molecular formula is C12H7ClN2. The van der Waals surface area contributed by atoms with Crippen LogP contribution in [0, 0.1) is 11.3 Å². The maximum Gasteiger partial charge on any atom is 0.101 e. The molecular weight excluding hydrogens is 208 g/mol. The van der Waals surface area contributed by atoms with Gasteiger partial charge in [-0.3, -0.25) is 4.98 Å². The predicted molar refractivity (Wildman–Crippen MR) is 59.4 cm³/mol. The molecule has 3 heteroatoms. The summed E-state index contributed by atoms with van der Waals surface area (Å²) >= 11 is 5.89. The van der Waals surface area contributed by atoms with Gasteiger partial charge in [-0.15, -0.1) is 0 Å². The van der Waals surface area contributed by atoms with E-state index in [0.29, 0.717) is 10.6 Å². The number of halogens is 1. The lowest BCUT2D eigenvalue weighted by atomic mass is 10.0. The van der Waals surface area contributed by atoms with E-state index in [-0.39, 0.29) is 0 Å². The molecule has 1 heterocycles. The van der Waals surface area contributed by atoms with Crippen LogP contribution >= 0.6 is 11.6 Å². The monoisotopic (exact) mass is 214 g/mol. The highest BCUT2D eigenvalue weighted by Gasteiger charge is 2.04. The molecule has 0 bridgehead atoms. The van der Waals surface area contributed by atoms with Crippen LogP contribution in [-0.2, 0) is 0 Å². The lowest BCUT2D eigenvalue weighted by Crippen LogP contribution is -1.85. The number of nitriles is 1. The van der Waals surface area contributed by atoms with Crippen molar-refractivity contribution in [3.8, 4) is 17.2 Å². The van der Waals surface area contributed by atoms with Crippen LogP contribution in [0.15, 0.2) is 42.7 Å². The smallest absolute Gasteiger partial charge is 0.101 e. The van der Waals surface area contributed by atoms with Gasteiger partial charge in [0.1, 0.15) is 6.07 Å². The number of pyridine rings is 1. The zero-order valence-electron chi connectivity index (χ0n) is 7.81. The largest absolute Gasteiger partial charge is 0.263 e. The first-order chi connectivity index (χ1) is 7.31. The lowest BCUT2D eigenvalue weighted by molar-refractivity contribution is 1.30. The predicted octanol–water partition coefficient (Wildman–Crippen LogP) is 3.27. The van der Waals surface area contributed by atoms with E-state index in [1.165, 1.54) is 0 Å². The summed E-state index contributed by atoms with van der Waals surface area (Å²) in [7, 11) is 0. The van der Waals surface area contributed by atoms with Crippen LogP contribution in [0.3, 0.4) is 0 Å². The Labute approximate surface area is 92.8 Å². The Bertz CT molecular complexity index is 529. The Morgan fingerprint density at radius 1 is 1.27 bits per heavy atom. The number of hydrogen-bond acceptors (Lipinski definition) is 2. The summed E-state index contributed by atoms with van der Waals surface area (Å²) < 4.78 is 0. The normalized spacial score (nSPS) is 9.60. The van der Waals surface area contributed by atoms with Gasteiger partial charge < -0.3 is 0 Å². The van der Waals surface area contributed by atoms with Gasteiger partial charge in [0.2, 0.25) is 0 Å². The summed E-state index contributed by atoms with van der Waals surface area (Å²) in [4.78, 5) is 3.91. The van der Waals surface area contributed by atoms with Crippen LogP contribution in [0.4, 0.5) is 0 Å². The fourth-order valence-electron chi connectivity index (χ4n) is 1.39. The van der Waals surface area contributed by atoms with Gasteiger partial charge in [0.15, 0.2) is 0 Å². The second kappa shape index (κ2) is 4.12. The molecule has 0 spiro atoms. The van der Waals surface area contributed by atoms with Crippen molar-refractivity contribution < 1.29 is 0 Å². The maximum absolute atomic E-state index is 8.93. The molecule has 0 atom stereocenters. The molecule has 0 aliphatic heterocycles. The van der Waals surface area contributed by atoms with Crippen molar-refractivity contribution in [2.75, 3.05) is 0 Å². The van der Waals surface area contributed by atoms with Crippen molar-refractivity contribution in [1.82, 2.24) is 4.98 Å². The number of rotatable bonds is 1. The van der Waals surface area contributed by atoms with Crippen LogP contribution in [0.25, 0.3) is 11.1 Å². The van der Waals surface area contributed by atoms with Crippen molar-refractivity contribution in [2.45, 2.75) is 0 Å². The average Bonchev–Trinajstić information content (AvgIpc) is 2.29. The van der Waals surface area contributed by atoms with Gasteiger partial charge in [-0.25, -0.2) is 0 Å². The molecule has 0 aliphatic carbocycles. The first-order valence-corrected chi connectivity index (χ1v) is 4.79. The molecule has 0 radical (unpaired) electrons. The molecule has 0 saturated carbocycles. The van der Waals surface area contributed by atoms with Crippen molar-refractivity contribution in [3.05, 3.63) is 53.3 Å². The van der Waals surface area contributed by atoms with E-state index in [2.05, 4.69) is 11.1 Å². The van der Waals surface area contributed by atoms with E-state index in [0.717, 1.165) is 11.1 Å². The lowest BCUT2D eigenvalue weighted by Gasteiger charge is -2.03. The summed E-state index contributed by atoms with van der Waals surface area (Å²) in [5, 5.41) is 9.59. The van der Waals surface area contributed by atoms with Crippen molar-refractivity contribution in [1.29, 1.82) is 5.26 Å². The van der Waals surface area contributed by atoms with Crippen molar-refractivity contribution in [3.63, 3.8) is 0 Å². The molecule has 0 amide bonds. The van der Waals surface area contributed by atoms with E-state index in [1.54, 1.807) is 18.5 Å². The van der Waals surface area contributed by atoms with Crippen LogP contribution in [0.1, 0.15) is 5.56 Å². The SMILES string of the molecule is N#Cc1cnccc1-c1cccc(Cl)c1. The zero-order chi connectivity index (χ0) is 10.7. The highest BCUT2D eigenvalue weighted by molar-refractivity contribution is 6.30. The highest BCUT2D eigenvalue weighted by Crippen LogP contribution is 2.24. The Morgan fingerprint density at radius 3 is 2.87 bits per heavy atom. The summed E-state index contributed by atoms with van der Waals surface area (Å²) in [5.41, 5.74) is 2.34. The third-order valence-electron chi connectivity index (χ3n) is 2.08.